The monoisotopic (exact) mass is 961 g/mol. The molecule has 5 atom stereocenters. The lowest BCUT2D eigenvalue weighted by Gasteiger charge is -2.31. The van der Waals surface area contributed by atoms with Crippen LogP contribution in [0.5, 0.6) is 0 Å². The van der Waals surface area contributed by atoms with Gasteiger partial charge in [0.15, 0.2) is 0 Å². The average molecular weight is 962 g/mol. The molecule has 0 aliphatic carbocycles. The summed E-state index contributed by atoms with van der Waals surface area (Å²) in [6.45, 7) is 12.4. The van der Waals surface area contributed by atoms with Crippen LogP contribution in [0.25, 0.3) is 38.7 Å². The Kier molecular flexibility index (Phi) is 17.6. The number of benzene rings is 3. The zero-order valence-corrected chi connectivity index (χ0v) is 41.6. The van der Waals surface area contributed by atoms with E-state index in [1.807, 2.05) is 62.0 Å². The SMILES string of the molecule is COC(=O)C[C@@H](C(=O)O)C(C)C.COC(=O)N[C@@H](C(=O)N1CCCC1c1ncc(-c2ccc(-c3ccc(C4=CN=C([C@@H]5CCCN5C(=O)[C@H](NC(=O)OC)C(C)C)C4)cc3)c3ccccc23)[nH]1)C(C)C. The van der Waals surface area contributed by atoms with E-state index in [0.717, 1.165) is 81.5 Å². The van der Waals surface area contributed by atoms with Crippen molar-refractivity contribution in [1.82, 2.24) is 30.4 Å². The molecule has 0 spiro atoms. The molecule has 0 bridgehead atoms. The molecule has 3 aliphatic rings. The lowest BCUT2D eigenvalue weighted by Crippen LogP contribution is -2.53. The lowest BCUT2D eigenvalue weighted by atomic mass is 9.92. The maximum atomic E-state index is 13.7. The molecule has 4 aromatic rings. The van der Waals surface area contributed by atoms with Crippen molar-refractivity contribution in [3.8, 4) is 22.4 Å². The van der Waals surface area contributed by atoms with Gasteiger partial charge in [-0.3, -0.25) is 24.2 Å². The number of rotatable bonds is 15. The number of carboxylic acids is 1. The van der Waals surface area contributed by atoms with Crippen LogP contribution in [0.2, 0.25) is 0 Å². The predicted molar refractivity (Wildman–Crippen MR) is 266 cm³/mol. The molecule has 4 N–H and O–H groups in total. The normalized spacial score (nSPS) is 17.9. The molecule has 0 radical (unpaired) electrons. The maximum Gasteiger partial charge on any atom is 0.407 e. The van der Waals surface area contributed by atoms with Crippen LogP contribution in [0.1, 0.15) is 97.5 Å². The number of allylic oxidation sites excluding steroid dienone is 1. The first kappa shape index (κ1) is 52.3. The van der Waals surface area contributed by atoms with Crippen molar-refractivity contribution in [2.45, 2.75) is 104 Å². The summed E-state index contributed by atoms with van der Waals surface area (Å²) in [5.74, 6) is -1.85. The van der Waals surface area contributed by atoms with Crippen LogP contribution in [-0.4, -0.2) is 119 Å². The third kappa shape index (κ3) is 12.0. The average Bonchev–Trinajstić information content (AvgIpc) is 4.21. The van der Waals surface area contributed by atoms with E-state index < -0.39 is 42.1 Å². The molecule has 7 rings (SSSR count). The zero-order chi connectivity index (χ0) is 50.8. The van der Waals surface area contributed by atoms with E-state index in [9.17, 15) is 28.8 Å². The first-order chi connectivity index (χ1) is 33.5. The largest absolute Gasteiger partial charge is 0.481 e. The number of likely N-dealkylation sites (tertiary alicyclic amines) is 2. The molecule has 4 heterocycles. The first-order valence-corrected chi connectivity index (χ1v) is 24.0. The number of aromatic nitrogens is 2. The smallest absolute Gasteiger partial charge is 0.407 e. The molecule has 17 nitrogen and oxygen atoms in total. The Bertz CT molecular complexity index is 2600. The number of carbonyl (C=O) groups excluding carboxylic acids is 5. The summed E-state index contributed by atoms with van der Waals surface area (Å²) in [5.41, 5.74) is 7.22. The number of H-pyrrole nitrogens is 1. The van der Waals surface area contributed by atoms with Crippen molar-refractivity contribution >= 4 is 58.0 Å². The van der Waals surface area contributed by atoms with Gasteiger partial charge in [-0.1, -0.05) is 102 Å². The van der Waals surface area contributed by atoms with E-state index in [4.69, 9.17) is 24.6 Å². The van der Waals surface area contributed by atoms with Gasteiger partial charge >= 0.3 is 24.1 Å². The van der Waals surface area contributed by atoms with E-state index in [0.29, 0.717) is 19.5 Å². The summed E-state index contributed by atoms with van der Waals surface area (Å²) in [4.78, 5) is 89.5. The molecule has 1 unspecified atom stereocenters. The molecule has 2 fully saturated rings. The summed E-state index contributed by atoms with van der Waals surface area (Å²) in [6.07, 6.45) is 6.46. The summed E-state index contributed by atoms with van der Waals surface area (Å²) < 4.78 is 14.0. The Morgan fingerprint density at radius 2 is 1.23 bits per heavy atom. The maximum absolute atomic E-state index is 13.7. The highest BCUT2D eigenvalue weighted by Gasteiger charge is 2.40. The van der Waals surface area contributed by atoms with Gasteiger partial charge in [-0.2, -0.15) is 0 Å². The molecule has 374 valence electrons. The number of aliphatic carboxylic acids is 1. The number of carbonyl (C=O) groups is 6. The minimum Gasteiger partial charge on any atom is -0.481 e. The van der Waals surface area contributed by atoms with Crippen LogP contribution in [0.15, 0.2) is 78.1 Å². The topological polar surface area (TPSA) is 222 Å². The molecule has 0 saturated carbocycles. The highest BCUT2D eigenvalue weighted by Crippen LogP contribution is 2.38. The van der Waals surface area contributed by atoms with Gasteiger partial charge in [-0.05, 0) is 76.5 Å². The zero-order valence-electron chi connectivity index (χ0n) is 41.6. The number of carboxylic acid groups (broad SMARTS) is 1. The van der Waals surface area contributed by atoms with Crippen LogP contribution in [0.3, 0.4) is 0 Å². The van der Waals surface area contributed by atoms with Crippen molar-refractivity contribution in [1.29, 1.82) is 0 Å². The molecule has 70 heavy (non-hydrogen) atoms. The van der Waals surface area contributed by atoms with Gasteiger partial charge in [-0.15, -0.1) is 0 Å². The Morgan fingerprint density at radius 3 is 1.76 bits per heavy atom. The van der Waals surface area contributed by atoms with E-state index >= 15 is 0 Å². The molecule has 3 aliphatic heterocycles. The van der Waals surface area contributed by atoms with Gasteiger partial charge in [0.25, 0.3) is 0 Å². The van der Waals surface area contributed by atoms with Crippen LogP contribution >= 0.6 is 0 Å². The fourth-order valence-electron chi connectivity index (χ4n) is 9.44. The van der Waals surface area contributed by atoms with E-state index in [-0.39, 0.29) is 48.1 Å². The number of amides is 4. The molecule has 17 heteroatoms. The molecular weight excluding hydrogens is 895 g/mol. The number of esters is 1. The fourth-order valence-corrected chi connectivity index (χ4v) is 9.44. The molecular formula is C53H67N7O10. The number of nitrogens with zero attached hydrogens (tertiary/aromatic N) is 4. The van der Waals surface area contributed by atoms with Gasteiger partial charge < -0.3 is 44.7 Å². The van der Waals surface area contributed by atoms with Crippen molar-refractivity contribution in [3.05, 3.63) is 84.4 Å². The van der Waals surface area contributed by atoms with Gasteiger partial charge in [0.2, 0.25) is 11.8 Å². The second-order valence-electron chi connectivity index (χ2n) is 19.0. The van der Waals surface area contributed by atoms with Gasteiger partial charge in [0, 0.05) is 37.0 Å². The Hall–Kier alpha value is -7.04. The second kappa shape index (κ2) is 23.5. The van der Waals surface area contributed by atoms with E-state index in [1.165, 1.54) is 21.3 Å². The Morgan fingerprint density at radius 1 is 0.700 bits per heavy atom. The minimum atomic E-state index is -0.949. The lowest BCUT2D eigenvalue weighted by molar-refractivity contribution is -0.151. The third-order valence-electron chi connectivity index (χ3n) is 13.4. The third-order valence-corrected chi connectivity index (χ3v) is 13.4. The number of hydrogen-bond acceptors (Lipinski definition) is 11. The van der Waals surface area contributed by atoms with Gasteiger partial charge in [0.05, 0.1) is 57.6 Å². The minimum absolute atomic E-state index is 0.0521. The van der Waals surface area contributed by atoms with Crippen molar-refractivity contribution < 1.29 is 48.1 Å². The molecule has 4 amide bonds. The van der Waals surface area contributed by atoms with Crippen LogP contribution in [0.4, 0.5) is 9.59 Å². The van der Waals surface area contributed by atoms with Crippen LogP contribution in [0, 0.1) is 23.7 Å². The fraction of sp³-hybridized carbons (Fsp3) is 0.472. The number of methoxy groups -OCH3 is 3. The quantitative estimate of drug-likeness (QED) is 0.0654. The van der Waals surface area contributed by atoms with Crippen molar-refractivity contribution in [2.24, 2.45) is 28.7 Å². The highest BCUT2D eigenvalue weighted by molar-refractivity contribution is 6.06. The number of fused-ring (bicyclic) bond motifs is 1. The van der Waals surface area contributed by atoms with Gasteiger partial charge in [0.1, 0.15) is 17.9 Å². The van der Waals surface area contributed by atoms with Crippen LogP contribution < -0.4 is 10.6 Å². The van der Waals surface area contributed by atoms with Crippen LogP contribution in [-0.2, 0) is 33.4 Å². The number of ether oxygens (including phenoxy) is 3. The first-order valence-electron chi connectivity index (χ1n) is 24.0. The predicted octanol–water partition coefficient (Wildman–Crippen LogP) is 8.40. The van der Waals surface area contributed by atoms with E-state index in [2.05, 4.69) is 68.9 Å². The highest BCUT2D eigenvalue weighted by atomic mass is 16.5. The second-order valence-corrected chi connectivity index (χ2v) is 19.0. The molecule has 1 aromatic heterocycles. The number of alkyl carbamates (subject to hydrolysis) is 2. The Labute approximate surface area is 409 Å². The summed E-state index contributed by atoms with van der Waals surface area (Å²) in [5, 5.41) is 16.3. The summed E-state index contributed by atoms with van der Waals surface area (Å²) >= 11 is 0. The molecule has 2 saturated heterocycles. The van der Waals surface area contributed by atoms with E-state index in [1.54, 1.807) is 13.8 Å². The Balaban J connectivity index is 0.000000592. The molecule has 3 aromatic carbocycles. The number of imidazole rings is 1. The number of aromatic amines is 1. The van der Waals surface area contributed by atoms with Crippen molar-refractivity contribution in [2.75, 3.05) is 34.4 Å². The standard InChI is InChI=1S/C45H53N7O6.C8H14O4/c1-26(2)39(49-44(55)57-5)42(53)51-21-9-13-37(51)35-23-30(24-46-35)28-15-17-29(18-16-28)31-19-20-34(33-12-8-7-11-32(31)33)36-25-47-41(48-36)38-14-10-22-52(38)43(54)40(27(3)4)50-45(56)58-6;1-5(2)6(8(10)11)4-7(9)12-3/h7-8,11-12,15-20,24-27,37-40H,9-10,13-14,21-23H2,1-6H3,(H,47,48)(H,49,55)(H,50,56);5-6H,4H2,1-3H3,(H,10,11)/t37-,38?,39+,40+;6-/m01/s1. The summed E-state index contributed by atoms with van der Waals surface area (Å²) in [6, 6.07) is 19.5. The number of nitrogens with one attached hydrogen (secondary N) is 3. The van der Waals surface area contributed by atoms with Gasteiger partial charge in [-0.25, -0.2) is 14.6 Å². The van der Waals surface area contributed by atoms with Crippen molar-refractivity contribution in [3.63, 3.8) is 0 Å². The number of aliphatic imine (C=N–C) groups is 1. The number of hydrogen-bond donors (Lipinski definition) is 4. The summed E-state index contributed by atoms with van der Waals surface area (Å²) in [7, 11) is 3.85.